The topological polar surface area (TPSA) is 537 Å². The number of nitrogens with zero attached hydrogens (tertiary/aromatic N) is 10. The molecule has 4 amide bonds. The van der Waals surface area contributed by atoms with Gasteiger partial charge in [-0.3, -0.25) is 18.2 Å². The van der Waals surface area contributed by atoms with Crippen molar-refractivity contribution in [3.05, 3.63) is 102 Å². The third-order valence-electron chi connectivity index (χ3n) is 10.3. The third-order valence-corrected chi connectivity index (χ3v) is 15.3. The minimum atomic E-state index is -5.27. The fraction of sp³-hybridized carbons (Fsp3) is 0.0732. The highest BCUT2D eigenvalue weighted by molar-refractivity contribution is 7.94. The minimum Gasteiger partial charge on any atom is -0.352 e. The number of halogens is 2. The fourth-order valence-corrected chi connectivity index (χ4v) is 10.4. The average Bonchev–Trinajstić information content (AvgIpc) is 3.41. The van der Waals surface area contributed by atoms with Gasteiger partial charge in [0.2, 0.25) is 29.1 Å². The van der Waals surface area contributed by atoms with Gasteiger partial charge in [0.25, 0.3) is 40.5 Å². The molecule has 0 radical (unpaired) electrons. The Hall–Kier alpha value is -9.13. The van der Waals surface area contributed by atoms with Crippen LogP contribution >= 0.6 is 11.6 Å². The van der Waals surface area contributed by atoms with Gasteiger partial charge < -0.3 is 43.4 Å². The van der Waals surface area contributed by atoms with Crippen LogP contribution in [0.2, 0.25) is 5.28 Å². The number of aromatic nitrogens is 6. The highest BCUT2D eigenvalue weighted by atomic mass is 35.5. The van der Waals surface area contributed by atoms with Crippen molar-refractivity contribution in [1.82, 2.24) is 29.9 Å². The maximum Gasteiger partial charge on any atom is 0.316 e. The summed E-state index contributed by atoms with van der Waals surface area (Å²) < 4.78 is 176. The van der Waals surface area contributed by atoms with E-state index in [4.69, 9.17) is 23.1 Å². The van der Waals surface area contributed by atoms with Crippen LogP contribution in [0.25, 0.3) is 10.8 Å². The van der Waals surface area contributed by atoms with E-state index in [1.165, 1.54) is 24.3 Å². The zero-order chi connectivity index (χ0) is 60.3. The number of carbonyl (C=O) groups excluding carboxylic acids is 2. The molecule has 1 unspecified atom stereocenters. The highest BCUT2D eigenvalue weighted by Crippen LogP contribution is 2.38. The van der Waals surface area contributed by atoms with Crippen LogP contribution in [0.4, 0.5) is 83.3 Å². The number of amides is 4. The number of nitrogens with one attached hydrogen (secondary N) is 6. The van der Waals surface area contributed by atoms with Crippen molar-refractivity contribution in [2.24, 2.45) is 31.9 Å². The number of hydrogen-bond acceptors (Lipinski definition) is 26. The lowest BCUT2D eigenvalue weighted by atomic mass is 10.1. The molecule has 0 saturated heterocycles. The molecule has 0 aliphatic rings. The first kappa shape index (κ1) is 60.5. The number of hydrogen-bond donors (Lipinski definition) is 12. The lowest BCUT2D eigenvalue weighted by Crippen LogP contribution is -2.27. The maximum atomic E-state index is 14.8. The Bertz CT molecular complexity index is 4450. The second-order valence-corrected chi connectivity index (χ2v) is 24.1. The molecule has 14 N–H and O–H groups in total. The predicted octanol–water partition coefficient (Wildman–Crippen LogP) is 6.12. The lowest BCUT2D eigenvalue weighted by Gasteiger charge is -2.16. The molecular formula is C41H36ClFN18O16S5. The summed E-state index contributed by atoms with van der Waals surface area (Å²) in [5.41, 5.74) is 8.95. The molecule has 82 heavy (non-hydrogen) atoms. The molecule has 0 fully saturated rings. The third kappa shape index (κ3) is 15.4. The molecule has 41 heteroatoms. The molecule has 1 atom stereocenters. The summed E-state index contributed by atoms with van der Waals surface area (Å²) in [7, 11) is -24.8. The summed E-state index contributed by atoms with van der Waals surface area (Å²) in [6, 6.07) is 9.70. The Morgan fingerprint density at radius 2 is 1.07 bits per heavy atom. The van der Waals surface area contributed by atoms with E-state index in [9.17, 15) is 74.3 Å². The number of azo groups is 2. The van der Waals surface area contributed by atoms with Crippen molar-refractivity contribution in [1.29, 1.82) is 0 Å². The number of anilines is 8. The first-order valence-electron chi connectivity index (χ1n) is 21.8. The van der Waals surface area contributed by atoms with E-state index in [-0.39, 0.29) is 63.8 Å². The fourth-order valence-electron chi connectivity index (χ4n) is 6.84. The van der Waals surface area contributed by atoms with Gasteiger partial charge in [-0.2, -0.15) is 68.0 Å². The number of primary amides is 2. The van der Waals surface area contributed by atoms with E-state index >= 15 is 0 Å². The normalized spacial score (nSPS) is 12.7. The molecule has 430 valence electrons. The van der Waals surface area contributed by atoms with E-state index in [0.29, 0.717) is 35.7 Å². The molecule has 7 aromatic rings. The van der Waals surface area contributed by atoms with Gasteiger partial charge in [0, 0.05) is 34.8 Å². The van der Waals surface area contributed by atoms with Crippen LogP contribution < -0.4 is 43.4 Å². The van der Waals surface area contributed by atoms with Crippen molar-refractivity contribution in [2.45, 2.75) is 37.4 Å². The molecule has 7 rings (SSSR count). The van der Waals surface area contributed by atoms with Gasteiger partial charge in [-0.15, -0.1) is 20.5 Å². The summed E-state index contributed by atoms with van der Waals surface area (Å²) in [5.74, 6) is -0.951. The molecule has 34 nitrogen and oxygen atoms in total. The Labute approximate surface area is 465 Å². The molecule has 0 bridgehead atoms. The average molecular weight is 1250 g/mol. The van der Waals surface area contributed by atoms with E-state index in [2.05, 4.69) is 88.8 Å². The van der Waals surface area contributed by atoms with Gasteiger partial charge >= 0.3 is 18.1 Å². The number of nitrogens with two attached hydrogens (primary N) is 2. The van der Waals surface area contributed by atoms with Crippen LogP contribution in [0.3, 0.4) is 0 Å². The van der Waals surface area contributed by atoms with Crippen molar-refractivity contribution >= 4 is 154 Å². The number of fused-ring (bicyclic) bond motifs is 1. The summed E-state index contributed by atoms with van der Waals surface area (Å²) in [4.78, 5) is 43.0. The van der Waals surface area contributed by atoms with Crippen molar-refractivity contribution in [3.8, 4) is 0 Å². The highest BCUT2D eigenvalue weighted by Gasteiger charge is 2.26. The minimum absolute atomic E-state index is 0.0323. The number of urea groups is 2. The molecule has 0 aliphatic carbocycles. The second kappa shape index (κ2) is 23.5. The van der Waals surface area contributed by atoms with E-state index in [0.717, 1.165) is 24.3 Å². The van der Waals surface area contributed by atoms with Crippen LogP contribution in [0.15, 0.2) is 136 Å². The molecule has 2 heterocycles. The molecule has 5 aromatic carbocycles. The smallest absolute Gasteiger partial charge is 0.316 e. The zero-order valence-electron chi connectivity index (χ0n) is 40.7. The van der Waals surface area contributed by atoms with Crippen LogP contribution in [-0.2, 0) is 50.3 Å². The van der Waals surface area contributed by atoms with Gasteiger partial charge in [0.05, 0.1) is 21.2 Å². The van der Waals surface area contributed by atoms with E-state index in [1.54, 1.807) is 6.92 Å². The van der Waals surface area contributed by atoms with E-state index in [1.807, 2.05) is 0 Å². The Balaban J connectivity index is 1.05. The van der Waals surface area contributed by atoms with Crippen LogP contribution in [0.1, 0.15) is 6.92 Å². The van der Waals surface area contributed by atoms with Crippen LogP contribution in [0.5, 0.6) is 0 Å². The number of benzene rings is 5. The Morgan fingerprint density at radius 1 is 0.598 bits per heavy atom. The second-order valence-electron chi connectivity index (χ2n) is 16.2. The first-order valence-corrected chi connectivity index (χ1v) is 29.5. The SMILES string of the molecule is C=CS(=O)(=O)c1ccc(N=Nc2ccc(Nc3nc(Cl)nc(NC(C)CNc4nc(F)nc(Nc5ccc(N=Nc6cc7c(S(=O)(=O)O)cc(S(=O)(=O)O)cc7cc6S(=O)(=O)O)c(NC(N)=O)c5)n4)n3)cc2NC(N)=O)c(S(=O)(=O)O)c1. The standard InChI is InChI=1S/C41H36ClFN18O16S5/c1-3-78(64,65)22-6-9-27(33(14-22)82(75,76)77)60-58-25-7-4-20(12-28(25)50-36(44)62)48-40-53-34(42)52-39(57-40)47-18(2)17-46-38-54-35(43)55-41(56-38)49-21-5-8-26(29(13-21)51-37(45)63)59-61-30-16-24-19(11-32(30)81(72,73)74)10-23(79(66,67)68)15-31(24)80(69,70)71/h3-16,18H,1,17H2,2H3,(H3,44,50,62)(H3,45,51,63)(H,66,67,68)(H,69,70,71)(H,72,73,74)(H,75,76,77)(H2,46,49,54,55,56)(H2,47,48,52,53,57). The zero-order valence-corrected chi connectivity index (χ0v) is 45.5. The number of carbonyl (C=O) groups is 2. The van der Waals surface area contributed by atoms with Crippen molar-refractivity contribution < 1.29 is 74.3 Å². The molecular weight excluding hydrogens is 1220 g/mol. The van der Waals surface area contributed by atoms with Gasteiger partial charge in [0.1, 0.15) is 37.4 Å². The molecule has 0 aliphatic heterocycles. The largest absolute Gasteiger partial charge is 0.352 e. The number of sulfone groups is 1. The van der Waals surface area contributed by atoms with Crippen LogP contribution in [-0.4, -0.2) is 115 Å². The Morgan fingerprint density at radius 3 is 1.61 bits per heavy atom. The predicted molar refractivity (Wildman–Crippen MR) is 287 cm³/mol. The van der Waals surface area contributed by atoms with E-state index < -0.39 is 127 Å². The molecule has 0 spiro atoms. The van der Waals surface area contributed by atoms with Gasteiger partial charge in [-0.1, -0.05) is 6.58 Å². The monoisotopic (exact) mass is 1250 g/mol. The van der Waals surface area contributed by atoms with Gasteiger partial charge in [0.15, 0.2) is 9.84 Å². The molecule has 0 saturated carbocycles. The van der Waals surface area contributed by atoms with Crippen molar-refractivity contribution in [2.75, 3.05) is 38.4 Å². The quantitative estimate of drug-likeness (QED) is 0.0285. The lowest BCUT2D eigenvalue weighted by molar-refractivity contribution is 0.258. The summed E-state index contributed by atoms with van der Waals surface area (Å²) >= 11 is 6.20. The summed E-state index contributed by atoms with van der Waals surface area (Å²) in [6.07, 6.45) is -1.27. The first-order chi connectivity index (χ1) is 38.1. The summed E-state index contributed by atoms with van der Waals surface area (Å²) in [5, 5.41) is 30.5. The van der Waals surface area contributed by atoms with Gasteiger partial charge in [-0.25, -0.2) is 18.0 Å². The molecule has 2 aromatic heterocycles. The Kier molecular flexibility index (Phi) is 17.4. The van der Waals surface area contributed by atoms with Crippen LogP contribution in [0, 0.1) is 6.08 Å². The maximum absolute atomic E-state index is 14.8. The summed E-state index contributed by atoms with van der Waals surface area (Å²) in [6.45, 7) is 4.75. The van der Waals surface area contributed by atoms with Crippen molar-refractivity contribution in [3.63, 3.8) is 0 Å². The van der Waals surface area contributed by atoms with Gasteiger partial charge in [-0.05, 0) is 103 Å². The number of rotatable bonds is 21.